The second-order valence-corrected chi connectivity index (χ2v) is 10.5. The first-order valence-corrected chi connectivity index (χ1v) is 12.4. The molecule has 1 amide bonds. The molecule has 2 atom stereocenters. The number of hydrogen-bond donors (Lipinski definition) is 1. The van der Waals surface area contributed by atoms with E-state index in [4.69, 9.17) is 12.2 Å². The minimum atomic E-state index is -0.252. The number of H-pyrrole nitrogens is 1. The van der Waals surface area contributed by atoms with Gasteiger partial charge in [-0.1, -0.05) is 22.0 Å². The number of nitrogens with one attached hydrogen (secondary N) is 1. The quantitative estimate of drug-likeness (QED) is 0.517. The second kappa shape index (κ2) is 7.77. The van der Waals surface area contributed by atoms with E-state index in [0.29, 0.717) is 30.8 Å². The first-order valence-electron chi connectivity index (χ1n) is 11.2. The van der Waals surface area contributed by atoms with Gasteiger partial charge in [-0.3, -0.25) is 4.79 Å². The Balaban J connectivity index is 1.18. The molecule has 2 fully saturated rings. The van der Waals surface area contributed by atoms with E-state index in [9.17, 15) is 9.18 Å². The zero-order chi connectivity index (χ0) is 22.7. The van der Waals surface area contributed by atoms with E-state index in [1.165, 1.54) is 6.07 Å². The van der Waals surface area contributed by atoms with Crippen LogP contribution in [0.25, 0.3) is 0 Å². The van der Waals surface area contributed by atoms with Crippen molar-refractivity contribution in [1.29, 1.82) is 0 Å². The highest BCUT2D eigenvalue weighted by molar-refractivity contribution is 9.10. The summed E-state index contributed by atoms with van der Waals surface area (Å²) in [5.74, 6) is 1.06. The Kier molecular flexibility index (Phi) is 4.95. The lowest BCUT2D eigenvalue weighted by molar-refractivity contribution is -0.130. The fourth-order valence-electron chi connectivity index (χ4n) is 5.59. The molecule has 0 spiro atoms. The third-order valence-electron chi connectivity index (χ3n) is 7.35. The fourth-order valence-corrected chi connectivity index (χ4v) is 6.24. The van der Waals surface area contributed by atoms with Crippen LogP contribution >= 0.6 is 28.1 Å². The number of piperazine rings is 1. The van der Waals surface area contributed by atoms with Crippen molar-refractivity contribution in [2.75, 3.05) is 31.1 Å². The summed E-state index contributed by atoms with van der Waals surface area (Å²) in [6, 6.07) is 11.0. The Hall–Kier alpha value is -2.52. The lowest BCUT2D eigenvalue weighted by atomic mass is 9.93. The maximum absolute atomic E-state index is 14.7. The predicted molar refractivity (Wildman–Crippen MR) is 129 cm³/mol. The van der Waals surface area contributed by atoms with E-state index >= 15 is 0 Å². The van der Waals surface area contributed by atoms with Crippen LogP contribution in [-0.2, 0) is 23.2 Å². The SMILES string of the molecule is O=C(Cc1[nH]c(=S)n2c1[C@@H]1C[C@]1(c1cc(Br)ccc1F)C2)N1CCN(c2ccccn2)CC1. The molecule has 170 valence electrons. The molecule has 1 saturated carbocycles. The van der Waals surface area contributed by atoms with Crippen LogP contribution in [0.15, 0.2) is 47.1 Å². The number of nitrogens with zero attached hydrogens (tertiary/aromatic N) is 4. The molecule has 0 radical (unpaired) electrons. The monoisotopic (exact) mass is 527 g/mol. The Bertz CT molecular complexity index is 1300. The zero-order valence-corrected chi connectivity index (χ0v) is 20.3. The van der Waals surface area contributed by atoms with E-state index in [2.05, 4.69) is 35.4 Å². The number of anilines is 1. The number of imidazole rings is 1. The number of pyridine rings is 1. The van der Waals surface area contributed by atoms with Crippen molar-refractivity contribution < 1.29 is 9.18 Å². The van der Waals surface area contributed by atoms with Crippen LogP contribution in [-0.4, -0.2) is 51.5 Å². The van der Waals surface area contributed by atoms with Crippen molar-refractivity contribution in [3.8, 4) is 0 Å². The van der Waals surface area contributed by atoms with Crippen LogP contribution in [0.1, 0.15) is 29.3 Å². The van der Waals surface area contributed by atoms with E-state index in [1.807, 2.05) is 29.2 Å². The molecule has 1 aliphatic carbocycles. The van der Waals surface area contributed by atoms with Crippen LogP contribution in [0.2, 0.25) is 0 Å². The van der Waals surface area contributed by atoms with Crippen LogP contribution < -0.4 is 4.90 Å². The van der Waals surface area contributed by atoms with Gasteiger partial charge in [0.05, 0.1) is 6.42 Å². The van der Waals surface area contributed by atoms with Crippen molar-refractivity contribution in [3.05, 3.63) is 74.6 Å². The number of benzene rings is 1. The molecule has 3 aliphatic rings. The summed E-state index contributed by atoms with van der Waals surface area (Å²) < 4.78 is 18.3. The molecule has 2 aliphatic heterocycles. The molecule has 1 N–H and O–H groups in total. The minimum Gasteiger partial charge on any atom is -0.353 e. The third kappa shape index (κ3) is 3.44. The van der Waals surface area contributed by atoms with Gasteiger partial charge in [0, 0.05) is 66.1 Å². The molecular formula is C24H23BrFN5OS. The van der Waals surface area contributed by atoms with Gasteiger partial charge in [0.25, 0.3) is 0 Å². The van der Waals surface area contributed by atoms with E-state index in [1.54, 1.807) is 12.3 Å². The molecule has 6 rings (SSSR count). The third-order valence-corrected chi connectivity index (χ3v) is 8.16. The molecule has 2 aromatic heterocycles. The highest BCUT2D eigenvalue weighted by Crippen LogP contribution is 2.66. The Morgan fingerprint density at radius 2 is 2.06 bits per heavy atom. The predicted octanol–water partition coefficient (Wildman–Crippen LogP) is 4.17. The molecule has 1 aromatic carbocycles. The van der Waals surface area contributed by atoms with Crippen LogP contribution in [0, 0.1) is 10.6 Å². The number of halogens is 2. The summed E-state index contributed by atoms with van der Waals surface area (Å²) in [7, 11) is 0. The standard InChI is InChI=1S/C24H23BrFN5OS/c25-15-4-5-18(26)16(11-15)24-13-17(24)22-19(28-23(33)31(22)14-24)12-21(32)30-9-7-29(8-10-30)20-3-1-2-6-27-20/h1-6,11,17H,7-10,12-14H2,(H,28,33)/t17-,24+/m0/s1. The van der Waals surface area contributed by atoms with E-state index in [-0.39, 0.29) is 23.1 Å². The molecule has 33 heavy (non-hydrogen) atoms. The van der Waals surface area contributed by atoms with E-state index < -0.39 is 0 Å². The van der Waals surface area contributed by atoms with Gasteiger partial charge >= 0.3 is 0 Å². The van der Waals surface area contributed by atoms with Crippen LogP contribution in [0.4, 0.5) is 10.2 Å². The summed E-state index contributed by atoms with van der Waals surface area (Å²) in [5.41, 5.74) is 2.46. The van der Waals surface area contributed by atoms with Crippen molar-refractivity contribution in [3.63, 3.8) is 0 Å². The summed E-state index contributed by atoms with van der Waals surface area (Å²) >= 11 is 9.05. The molecule has 4 heterocycles. The Labute approximate surface area is 204 Å². The summed E-state index contributed by atoms with van der Waals surface area (Å²) in [5, 5.41) is 0. The lowest BCUT2D eigenvalue weighted by Crippen LogP contribution is -2.49. The maximum Gasteiger partial charge on any atom is 0.228 e. The average molecular weight is 528 g/mol. The number of carbonyl (C=O) groups is 1. The number of fused-ring (bicyclic) bond motifs is 3. The van der Waals surface area contributed by atoms with Gasteiger partial charge in [-0.15, -0.1) is 0 Å². The zero-order valence-electron chi connectivity index (χ0n) is 17.9. The fraction of sp³-hybridized carbons (Fsp3) is 0.375. The summed E-state index contributed by atoms with van der Waals surface area (Å²) in [6.07, 6.45) is 2.97. The lowest BCUT2D eigenvalue weighted by Gasteiger charge is -2.35. The van der Waals surface area contributed by atoms with Gasteiger partial charge in [0.2, 0.25) is 5.91 Å². The number of aromatic nitrogens is 3. The number of rotatable bonds is 4. The number of carbonyl (C=O) groups excluding carboxylic acids is 1. The van der Waals surface area contributed by atoms with Gasteiger partial charge in [-0.05, 0) is 54.5 Å². The van der Waals surface area contributed by atoms with Gasteiger partial charge in [0.1, 0.15) is 11.6 Å². The number of aromatic amines is 1. The molecule has 3 aromatic rings. The maximum atomic E-state index is 14.7. The van der Waals surface area contributed by atoms with Gasteiger partial charge in [-0.2, -0.15) is 0 Å². The van der Waals surface area contributed by atoms with Crippen molar-refractivity contribution in [2.45, 2.75) is 30.7 Å². The van der Waals surface area contributed by atoms with Gasteiger partial charge in [-0.25, -0.2) is 9.37 Å². The van der Waals surface area contributed by atoms with Crippen molar-refractivity contribution in [2.24, 2.45) is 0 Å². The first-order chi connectivity index (χ1) is 16.0. The van der Waals surface area contributed by atoms with Crippen molar-refractivity contribution in [1.82, 2.24) is 19.4 Å². The van der Waals surface area contributed by atoms with Crippen LogP contribution in [0.5, 0.6) is 0 Å². The van der Waals surface area contributed by atoms with E-state index in [0.717, 1.165) is 46.8 Å². The Morgan fingerprint density at radius 3 is 2.82 bits per heavy atom. The minimum absolute atomic E-state index is 0.0992. The largest absolute Gasteiger partial charge is 0.353 e. The van der Waals surface area contributed by atoms with Crippen molar-refractivity contribution >= 4 is 39.9 Å². The van der Waals surface area contributed by atoms with Gasteiger partial charge in [0.15, 0.2) is 4.77 Å². The summed E-state index contributed by atoms with van der Waals surface area (Å²) in [4.78, 5) is 25.0. The topological polar surface area (TPSA) is 57.2 Å². The average Bonchev–Trinajstić information content (AvgIpc) is 3.33. The van der Waals surface area contributed by atoms with Crippen LogP contribution in [0.3, 0.4) is 0 Å². The Morgan fingerprint density at radius 1 is 1.24 bits per heavy atom. The van der Waals surface area contributed by atoms with Gasteiger partial charge < -0.3 is 19.4 Å². The normalized spacial score (nSPS) is 23.4. The highest BCUT2D eigenvalue weighted by atomic mass is 79.9. The number of hydrogen-bond acceptors (Lipinski definition) is 4. The molecule has 0 bridgehead atoms. The molecule has 0 unspecified atom stereocenters. The highest BCUT2D eigenvalue weighted by Gasteiger charge is 2.63. The first kappa shape index (κ1) is 21.0. The molecule has 9 heteroatoms. The summed E-state index contributed by atoms with van der Waals surface area (Å²) in [6.45, 7) is 3.53. The smallest absolute Gasteiger partial charge is 0.228 e. The molecule has 6 nitrogen and oxygen atoms in total. The molecule has 1 saturated heterocycles. The number of amides is 1. The second-order valence-electron chi connectivity index (χ2n) is 9.15. The molecular weight excluding hydrogens is 505 g/mol.